The van der Waals surface area contributed by atoms with Crippen LogP contribution in [-0.2, 0) is 11.2 Å². The Balaban J connectivity index is 2.32. The van der Waals surface area contributed by atoms with Crippen molar-refractivity contribution < 1.29 is 9.53 Å². The fraction of sp³-hybridized carbons (Fsp3) is 0.533. The number of amides is 1. The Morgan fingerprint density at radius 1 is 1.33 bits per heavy atom. The van der Waals surface area contributed by atoms with Crippen LogP contribution in [0.3, 0.4) is 0 Å². The molecule has 0 spiro atoms. The molecule has 0 saturated heterocycles. The molecule has 0 radical (unpaired) electrons. The highest BCUT2D eigenvalue weighted by Crippen LogP contribution is 2.14. The molecule has 0 unspecified atom stereocenters. The van der Waals surface area contributed by atoms with E-state index in [0.29, 0.717) is 13.2 Å². The smallest absolute Gasteiger partial charge is 0.225 e. The molecule has 1 amide bonds. The molecular formula is C15H23NO2. The number of hydrogen-bond acceptors (Lipinski definition) is 2. The summed E-state index contributed by atoms with van der Waals surface area (Å²) in [7, 11) is 0. The second kappa shape index (κ2) is 6.43. The molecule has 1 N–H and O–H groups in total. The van der Waals surface area contributed by atoms with Crippen LogP contribution in [0.25, 0.3) is 0 Å². The first-order valence-electron chi connectivity index (χ1n) is 6.43. The molecule has 18 heavy (non-hydrogen) atoms. The second-order valence-corrected chi connectivity index (χ2v) is 5.36. The van der Waals surface area contributed by atoms with E-state index in [-0.39, 0.29) is 11.3 Å². The first-order chi connectivity index (χ1) is 8.43. The lowest BCUT2D eigenvalue weighted by molar-refractivity contribution is -0.128. The number of hydrogen-bond donors (Lipinski definition) is 1. The van der Waals surface area contributed by atoms with E-state index in [0.717, 1.165) is 12.2 Å². The molecule has 0 fully saturated rings. The number of rotatable bonds is 5. The van der Waals surface area contributed by atoms with Crippen LogP contribution in [-0.4, -0.2) is 19.1 Å². The zero-order valence-corrected chi connectivity index (χ0v) is 11.7. The summed E-state index contributed by atoms with van der Waals surface area (Å²) in [6.45, 7) is 8.83. The quantitative estimate of drug-likeness (QED) is 0.815. The third-order valence-electron chi connectivity index (χ3n) is 2.64. The zero-order chi connectivity index (χ0) is 13.6. The second-order valence-electron chi connectivity index (χ2n) is 5.36. The highest BCUT2D eigenvalue weighted by atomic mass is 16.5. The highest BCUT2D eigenvalue weighted by Gasteiger charge is 2.20. The van der Waals surface area contributed by atoms with Crippen molar-refractivity contribution in [2.75, 3.05) is 13.2 Å². The van der Waals surface area contributed by atoms with E-state index >= 15 is 0 Å². The fourth-order valence-corrected chi connectivity index (χ4v) is 1.45. The molecule has 0 aliphatic carbocycles. The van der Waals surface area contributed by atoms with Crippen molar-refractivity contribution in [3.63, 3.8) is 0 Å². The SMILES string of the molecule is CCc1cccc(OCCNC(=O)C(C)(C)C)c1. The van der Waals surface area contributed by atoms with Gasteiger partial charge >= 0.3 is 0 Å². The summed E-state index contributed by atoms with van der Waals surface area (Å²) in [5.74, 6) is 0.910. The van der Waals surface area contributed by atoms with Crippen molar-refractivity contribution in [3.05, 3.63) is 29.8 Å². The number of nitrogens with one attached hydrogen (secondary N) is 1. The summed E-state index contributed by atoms with van der Waals surface area (Å²) in [4.78, 5) is 11.6. The molecule has 0 aliphatic heterocycles. The molecule has 0 atom stereocenters. The number of benzene rings is 1. The first kappa shape index (κ1) is 14.6. The van der Waals surface area contributed by atoms with Gasteiger partial charge in [-0.05, 0) is 24.1 Å². The normalized spacial score (nSPS) is 11.1. The molecule has 1 aromatic rings. The molecule has 0 aliphatic rings. The summed E-state index contributed by atoms with van der Waals surface area (Å²) in [6.07, 6.45) is 0.998. The molecule has 0 aromatic heterocycles. The van der Waals surface area contributed by atoms with Gasteiger partial charge < -0.3 is 10.1 Å². The number of carbonyl (C=O) groups is 1. The van der Waals surface area contributed by atoms with Gasteiger partial charge in [-0.2, -0.15) is 0 Å². The van der Waals surface area contributed by atoms with Gasteiger partial charge in [0.25, 0.3) is 0 Å². The van der Waals surface area contributed by atoms with Crippen LogP contribution < -0.4 is 10.1 Å². The summed E-state index contributed by atoms with van der Waals surface area (Å²) in [5.41, 5.74) is 0.911. The molecule has 3 nitrogen and oxygen atoms in total. The maximum Gasteiger partial charge on any atom is 0.225 e. The standard InChI is InChI=1S/C15H23NO2/c1-5-12-7-6-8-13(11-12)18-10-9-16-14(17)15(2,3)4/h6-8,11H,5,9-10H2,1-4H3,(H,16,17). The Morgan fingerprint density at radius 3 is 2.67 bits per heavy atom. The Labute approximate surface area is 110 Å². The number of aryl methyl sites for hydroxylation is 1. The zero-order valence-electron chi connectivity index (χ0n) is 11.7. The number of ether oxygens (including phenoxy) is 1. The van der Waals surface area contributed by atoms with E-state index in [1.54, 1.807) is 0 Å². The molecule has 3 heteroatoms. The summed E-state index contributed by atoms with van der Waals surface area (Å²) >= 11 is 0. The van der Waals surface area contributed by atoms with Gasteiger partial charge in [-0.3, -0.25) is 4.79 Å². The molecule has 0 bridgehead atoms. The van der Waals surface area contributed by atoms with Crippen molar-refractivity contribution in [1.29, 1.82) is 0 Å². The monoisotopic (exact) mass is 249 g/mol. The van der Waals surface area contributed by atoms with E-state index < -0.39 is 0 Å². The van der Waals surface area contributed by atoms with E-state index in [9.17, 15) is 4.79 Å². The maximum absolute atomic E-state index is 11.6. The number of carbonyl (C=O) groups excluding carboxylic acids is 1. The summed E-state index contributed by atoms with van der Waals surface area (Å²) in [6, 6.07) is 8.03. The van der Waals surface area contributed by atoms with Gasteiger partial charge in [-0.1, -0.05) is 39.8 Å². The summed E-state index contributed by atoms with van der Waals surface area (Å²) < 4.78 is 5.60. The van der Waals surface area contributed by atoms with Crippen molar-refractivity contribution >= 4 is 5.91 Å². The Morgan fingerprint density at radius 2 is 2.06 bits per heavy atom. The van der Waals surface area contributed by atoms with Crippen molar-refractivity contribution in [2.24, 2.45) is 5.41 Å². The average molecular weight is 249 g/mol. The lowest BCUT2D eigenvalue weighted by Gasteiger charge is -2.17. The van der Waals surface area contributed by atoms with Crippen molar-refractivity contribution in [2.45, 2.75) is 34.1 Å². The van der Waals surface area contributed by atoms with Crippen LogP contribution in [0.4, 0.5) is 0 Å². The topological polar surface area (TPSA) is 38.3 Å². The fourth-order valence-electron chi connectivity index (χ4n) is 1.45. The molecule has 1 rings (SSSR count). The van der Waals surface area contributed by atoms with Crippen LogP contribution in [0.1, 0.15) is 33.3 Å². The van der Waals surface area contributed by atoms with Gasteiger partial charge in [0.05, 0.1) is 6.54 Å². The van der Waals surface area contributed by atoms with E-state index in [4.69, 9.17) is 4.74 Å². The molecule has 100 valence electrons. The Bertz CT molecular complexity index is 394. The predicted octanol–water partition coefficient (Wildman–Crippen LogP) is 2.79. The molecule has 0 heterocycles. The molecular weight excluding hydrogens is 226 g/mol. The summed E-state index contributed by atoms with van der Waals surface area (Å²) in [5, 5.41) is 2.86. The minimum Gasteiger partial charge on any atom is -0.492 e. The highest BCUT2D eigenvalue weighted by molar-refractivity contribution is 5.81. The van der Waals surface area contributed by atoms with Crippen LogP contribution in [0.5, 0.6) is 5.75 Å². The van der Waals surface area contributed by atoms with Crippen LogP contribution in [0.2, 0.25) is 0 Å². The van der Waals surface area contributed by atoms with E-state index in [2.05, 4.69) is 18.3 Å². The third kappa shape index (κ3) is 4.78. The lowest BCUT2D eigenvalue weighted by Crippen LogP contribution is -2.37. The largest absolute Gasteiger partial charge is 0.492 e. The molecule has 0 saturated carbocycles. The Kier molecular flexibility index (Phi) is 5.20. The van der Waals surface area contributed by atoms with Crippen molar-refractivity contribution in [3.8, 4) is 5.75 Å². The van der Waals surface area contributed by atoms with Gasteiger partial charge in [-0.15, -0.1) is 0 Å². The van der Waals surface area contributed by atoms with Crippen LogP contribution in [0, 0.1) is 5.41 Å². The van der Waals surface area contributed by atoms with Crippen LogP contribution >= 0.6 is 0 Å². The first-order valence-corrected chi connectivity index (χ1v) is 6.43. The minimum absolute atomic E-state index is 0.0495. The van der Waals surface area contributed by atoms with Crippen molar-refractivity contribution in [1.82, 2.24) is 5.32 Å². The van der Waals surface area contributed by atoms with Gasteiger partial charge in [0.1, 0.15) is 12.4 Å². The van der Waals surface area contributed by atoms with Gasteiger partial charge in [0, 0.05) is 5.41 Å². The van der Waals surface area contributed by atoms with Gasteiger partial charge in [-0.25, -0.2) is 0 Å². The third-order valence-corrected chi connectivity index (χ3v) is 2.64. The van der Waals surface area contributed by atoms with Crippen LogP contribution in [0.15, 0.2) is 24.3 Å². The van der Waals surface area contributed by atoms with Gasteiger partial charge in [0.2, 0.25) is 5.91 Å². The lowest BCUT2D eigenvalue weighted by atomic mass is 9.96. The van der Waals surface area contributed by atoms with E-state index in [1.807, 2.05) is 39.0 Å². The van der Waals surface area contributed by atoms with Gasteiger partial charge in [0.15, 0.2) is 0 Å². The predicted molar refractivity (Wildman–Crippen MR) is 73.8 cm³/mol. The Hall–Kier alpha value is -1.51. The minimum atomic E-state index is -0.345. The average Bonchev–Trinajstić information content (AvgIpc) is 2.33. The van der Waals surface area contributed by atoms with E-state index in [1.165, 1.54) is 5.56 Å². The maximum atomic E-state index is 11.6. The molecule has 1 aromatic carbocycles.